The fraction of sp³-hybridized carbons (Fsp3) is 0.182. The van der Waals surface area contributed by atoms with Gasteiger partial charge in [-0.05, 0) is 23.8 Å². The van der Waals surface area contributed by atoms with Crippen LogP contribution in [0.3, 0.4) is 0 Å². The van der Waals surface area contributed by atoms with Crippen molar-refractivity contribution in [3.05, 3.63) is 35.9 Å². The van der Waals surface area contributed by atoms with E-state index in [9.17, 15) is 4.79 Å². The maximum atomic E-state index is 10.4. The number of carbonyl (C=O) groups is 1. The van der Waals surface area contributed by atoms with Crippen molar-refractivity contribution in [1.82, 2.24) is 0 Å². The molecule has 3 nitrogen and oxygen atoms in total. The minimum absolute atomic E-state index is 0.276. The number of nitrogen functional groups attached to an aromatic ring is 1. The van der Waals surface area contributed by atoms with Crippen LogP contribution in [-0.2, 0) is 9.53 Å². The van der Waals surface area contributed by atoms with Crippen LogP contribution in [0.2, 0.25) is 0 Å². The molecule has 0 amide bonds. The Hall–Kier alpha value is -1.77. The van der Waals surface area contributed by atoms with Crippen LogP contribution in [0, 0.1) is 0 Å². The van der Waals surface area contributed by atoms with Gasteiger partial charge >= 0.3 is 5.97 Å². The molecule has 1 aromatic rings. The van der Waals surface area contributed by atoms with Crippen LogP contribution in [0.1, 0.15) is 12.5 Å². The third kappa shape index (κ3) is 3.76. The predicted molar refractivity (Wildman–Crippen MR) is 56.5 cm³/mol. The molecule has 0 aromatic heterocycles. The summed E-state index contributed by atoms with van der Waals surface area (Å²) >= 11 is 0. The number of carbonyl (C=O) groups excluding carboxylic acids is 1. The van der Waals surface area contributed by atoms with Crippen molar-refractivity contribution in [2.75, 3.05) is 12.3 Å². The van der Waals surface area contributed by atoms with Crippen molar-refractivity contribution >= 4 is 17.7 Å². The fourth-order valence-electron chi connectivity index (χ4n) is 1.01. The van der Waals surface area contributed by atoms with E-state index in [0.29, 0.717) is 6.61 Å². The molecule has 0 atom stereocenters. The summed E-state index contributed by atoms with van der Waals surface area (Å²) in [5.41, 5.74) is 7.31. The molecule has 14 heavy (non-hydrogen) atoms. The Morgan fingerprint density at radius 1 is 1.57 bits per heavy atom. The molecule has 0 unspecified atom stereocenters. The fourth-order valence-corrected chi connectivity index (χ4v) is 1.01. The molecule has 0 aliphatic heterocycles. The monoisotopic (exact) mass is 191 g/mol. The standard InChI is InChI=1S/C11H13NO2/c1-9(13)14-7-3-5-10-4-2-6-11(12)8-10/h2-6,8H,7,12H2,1H3/b5-3+. The molecule has 1 rings (SSSR count). The average molecular weight is 191 g/mol. The van der Waals surface area contributed by atoms with Crippen LogP contribution in [0.5, 0.6) is 0 Å². The quantitative estimate of drug-likeness (QED) is 0.586. The zero-order valence-electron chi connectivity index (χ0n) is 8.07. The molecule has 0 spiro atoms. The lowest BCUT2D eigenvalue weighted by molar-refractivity contribution is -0.139. The Labute approximate surface area is 83.2 Å². The molecule has 3 heteroatoms. The van der Waals surface area contributed by atoms with Gasteiger partial charge in [-0.3, -0.25) is 4.79 Å². The van der Waals surface area contributed by atoms with E-state index in [1.54, 1.807) is 6.08 Å². The summed E-state index contributed by atoms with van der Waals surface area (Å²) in [6, 6.07) is 7.48. The molecule has 2 N–H and O–H groups in total. The number of ether oxygens (including phenoxy) is 1. The van der Waals surface area contributed by atoms with Gasteiger partial charge in [0.15, 0.2) is 0 Å². The van der Waals surface area contributed by atoms with Crippen LogP contribution in [0.4, 0.5) is 5.69 Å². The number of esters is 1. The highest BCUT2D eigenvalue weighted by Gasteiger charge is 1.89. The van der Waals surface area contributed by atoms with E-state index in [1.165, 1.54) is 6.92 Å². The summed E-state index contributed by atoms with van der Waals surface area (Å²) < 4.78 is 4.74. The molecule has 0 bridgehead atoms. The minimum atomic E-state index is -0.276. The van der Waals surface area contributed by atoms with E-state index >= 15 is 0 Å². The van der Waals surface area contributed by atoms with Gasteiger partial charge in [0.25, 0.3) is 0 Å². The smallest absolute Gasteiger partial charge is 0.302 e. The van der Waals surface area contributed by atoms with Crippen LogP contribution >= 0.6 is 0 Å². The van der Waals surface area contributed by atoms with Crippen molar-refractivity contribution in [2.45, 2.75) is 6.92 Å². The summed E-state index contributed by atoms with van der Waals surface area (Å²) in [5, 5.41) is 0. The predicted octanol–water partition coefficient (Wildman–Crippen LogP) is 1.85. The lowest BCUT2D eigenvalue weighted by Crippen LogP contribution is -1.97. The lowest BCUT2D eigenvalue weighted by atomic mass is 10.2. The molecular formula is C11H13NO2. The molecule has 0 radical (unpaired) electrons. The summed E-state index contributed by atoms with van der Waals surface area (Å²) in [6.45, 7) is 1.68. The summed E-state index contributed by atoms with van der Waals surface area (Å²) in [6.07, 6.45) is 3.63. The van der Waals surface area contributed by atoms with E-state index in [2.05, 4.69) is 0 Å². The van der Waals surface area contributed by atoms with E-state index < -0.39 is 0 Å². The molecule has 0 saturated heterocycles. The van der Waals surface area contributed by atoms with Gasteiger partial charge in [0.05, 0.1) is 0 Å². The number of hydrogen-bond acceptors (Lipinski definition) is 3. The highest BCUT2D eigenvalue weighted by atomic mass is 16.5. The van der Waals surface area contributed by atoms with Gasteiger partial charge < -0.3 is 10.5 Å². The molecule has 1 aromatic carbocycles. The van der Waals surface area contributed by atoms with E-state index in [0.717, 1.165) is 11.3 Å². The first-order chi connectivity index (χ1) is 6.68. The van der Waals surface area contributed by atoms with E-state index in [4.69, 9.17) is 10.5 Å². The van der Waals surface area contributed by atoms with E-state index in [1.807, 2.05) is 30.3 Å². The number of rotatable bonds is 3. The number of nitrogens with two attached hydrogens (primary N) is 1. The third-order valence-electron chi connectivity index (χ3n) is 1.60. The van der Waals surface area contributed by atoms with Gasteiger partial charge in [-0.15, -0.1) is 0 Å². The van der Waals surface area contributed by atoms with Gasteiger partial charge in [-0.1, -0.05) is 18.2 Å². The largest absolute Gasteiger partial charge is 0.462 e. The Morgan fingerprint density at radius 2 is 2.36 bits per heavy atom. The molecule has 74 valence electrons. The van der Waals surface area contributed by atoms with Gasteiger partial charge in [0.2, 0.25) is 0 Å². The Kier molecular flexibility index (Phi) is 3.73. The molecule has 0 saturated carbocycles. The number of benzene rings is 1. The van der Waals surface area contributed by atoms with Crippen LogP contribution in [0.15, 0.2) is 30.3 Å². The Morgan fingerprint density at radius 3 is 3.00 bits per heavy atom. The summed E-state index contributed by atoms with van der Waals surface area (Å²) in [5.74, 6) is -0.276. The molecule has 0 aliphatic rings. The molecule has 0 aliphatic carbocycles. The van der Waals surface area contributed by atoms with Gasteiger partial charge in [-0.25, -0.2) is 0 Å². The zero-order valence-corrected chi connectivity index (χ0v) is 8.07. The Bertz CT molecular complexity index is 345. The highest BCUT2D eigenvalue weighted by molar-refractivity contribution is 5.66. The maximum Gasteiger partial charge on any atom is 0.302 e. The first kappa shape index (κ1) is 10.3. The molecular weight excluding hydrogens is 178 g/mol. The number of hydrogen-bond donors (Lipinski definition) is 1. The van der Waals surface area contributed by atoms with Gasteiger partial charge in [-0.2, -0.15) is 0 Å². The molecule has 0 fully saturated rings. The highest BCUT2D eigenvalue weighted by Crippen LogP contribution is 2.07. The van der Waals surface area contributed by atoms with E-state index in [-0.39, 0.29) is 5.97 Å². The normalized spacial score (nSPS) is 10.4. The van der Waals surface area contributed by atoms with Gasteiger partial charge in [0, 0.05) is 12.6 Å². The van der Waals surface area contributed by atoms with Crippen molar-refractivity contribution in [2.24, 2.45) is 0 Å². The van der Waals surface area contributed by atoms with Crippen LogP contribution in [0.25, 0.3) is 6.08 Å². The lowest BCUT2D eigenvalue weighted by Gasteiger charge is -1.96. The number of anilines is 1. The van der Waals surface area contributed by atoms with Crippen LogP contribution in [-0.4, -0.2) is 12.6 Å². The van der Waals surface area contributed by atoms with Gasteiger partial charge in [0.1, 0.15) is 6.61 Å². The zero-order chi connectivity index (χ0) is 10.4. The first-order valence-corrected chi connectivity index (χ1v) is 4.34. The third-order valence-corrected chi connectivity index (χ3v) is 1.60. The second-order valence-corrected chi connectivity index (χ2v) is 2.88. The Balaban J connectivity index is 2.47. The maximum absolute atomic E-state index is 10.4. The second kappa shape index (κ2) is 5.07. The SMILES string of the molecule is CC(=O)OC/C=C/c1cccc(N)c1. The summed E-state index contributed by atoms with van der Waals surface area (Å²) in [7, 11) is 0. The minimum Gasteiger partial charge on any atom is -0.462 e. The van der Waals surface area contributed by atoms with Crippen molar-refractivity contribution in [1.29, 1.82) is 0 Å². The van der Waals surface area contributed by atoms with Crippen molar-refractivity contribution in [3.63, 3.8) is 0 Å². The average Bonchev–Trinajstić information content (AvgIpc) is 2.12. The van der Waals surface area contributed by atoms with Crippen molar-refractivity contribution in [3.8, 4) is 0 Å². The summed E-state index contributed by atoms with van der Waals surface area (Å²) in [4.78, 5) is 10.4. The van der Waals surface area contributed by atoms with Crippen LogP contribution < -0.4 is 5.73 Å². The first-order valence-electron chi connectivity index (χ1n) is 4.34. The molecule has 0 heterocycles. The topological polar surface area (TPSA) is 52.3 Å². The second-order valence-electron chi connectivity index (χ2n) is 2.88. The van der Waals surface area contributed by atoms with Crippen molar-refractivity contribution < 1.29 is 9.53 Å².